The standard InChI is InChI=1S/C18H18F3NO3S/c1-13(17(23)22-11-14-5-3-2-4-6-14)26(24,25)12-15-7-9-16(10-8-15)18(19,20)21/h2-10,13H,11-12H2,1H3,(H,22,23). The Bertz CT molecular complexity index is 848. The third-order valence-electron chi connectivity index (χ3n) is 3.87. The van der Waals surface area contributed by atoms with Crippen molar-refractivity contribution in [3.8, 4) is 0 Å². The molecule has 26 heavy (non-hydrogen) atoms. The van der Waals surface area contributed by atoms with Crippen LogP contribution >= 0.6 is 0 Å². The molecular formula is C18H18F3NO3S. The number of alkyl halides is 3. The van der Waals surface area contributed by atoms with E-state index in [4.69, 9.17) is 0 Å². The quantitative estimate of drug-likeness (QED) is 0.830. The van der Waals surface area contributed by atoms with Crippen molar-refractivity contribution in [1.29, 1.82) is 0 Å². The molecule has 1 unspecified atom stereocenters. The van der Waals surface area contributed by atoms with E-state index in [9.17, 15) is 26.4 Å². The highest BCUT2D eigenvalue weighted by Crippen LogP contribution is 2.29. The van der Waals surface area contributed by atoms with Gasteiger partial charge in [0, 0.05) is 6.54 Å². The number of rotatable bonds is 6. The first-order chi connectivity index (χ1) is 12.1. The Morgan fingerprint density at radius 2 is 1.58 bits per heavy atom. The lowest BCUT2D eigenvalue weighted by Crippen LogP contribution is -2.38. The van der Waals surface area contributed by atoms with Gasteiger partial charge in [0.2, 0.25) is 5.91 Å². The van der Waals surface area contributed by atoms with Crippen LogP contribution in [0.4, 0.5) is 13.2 Å². The maximum absolute atomic E-state index is 12.5. The predicted molar refractivity (Wildman–Crippen MR) is 91.8 cm³/mol. The van der Waals surface area contributed by atoms with Crippen molar-refractivity contribution in [2.75, 3.05) is 0 Å². The second-order valence-electron chi connectivity index (χ2n) is 5.85. The maximum Gasteiger partial charge on any atom is 0.416 e. The van der Waals surface area contributed by atoms with Crippen LogP contribution in [0.15, 0.2) is 54.6 Å². The zero-order valence-corrected chi connectivity index (χ0v) is 14.8. The van der Waals surface area contributed by atoms with Gasteiger partial charge in [-0.2, -0.15) is 13.2 Å². The van der Waals surface area contributed by atoms with Crippen LogP contribution in [0.5, 0.6) is 0 Å². The summed E-state index contributed by atoms with van der Waals surface area (Å²) in [6.07, 6.45) is -4.48. The fraction of sp³-hybridized carbons (Fsp3) is 0.278. The zero-order chi connectivity index (χ0) is 19.4. The van der Waals surface area contributed by atoms with Gasteiger partial charge < -0.3 is 5.32 Å². The summed E-state index contributed by atoms with van der Waals surface area (Å²) in [5.41, 5.74) is 0.168. The van der Waals surface area contributed by atoms with E-state index < -0.39 is 38.5 Å². The molecule has 1 amide bonds. The maximum atomic E-state index is 12.5. The molecule has 8 heteroatoms. The van der Waals surface area contributed by atoms with Crippen LogP contribution in [0.1, 0.15) is 23.6 Å². The largest absolute Gasteiger partial charge is 0.416 e. The fourth-order valence-corrected chi connectivity index (χ4v) is 3.56. The summed E-state index contributed by atoms with van der Waals surface area (Å²) in [5.74, 6) is -1.16. The van der Waals surface area contributed by atoms with Gasteiger partial charge in [-0.15, -0.1) is 0 Å². The molecule has 0 spiro atoms. The van der Waals surface area contributed by atoms with Crippen molar-refractivity contribution in [3.63, 3.8) is 0 Å². The molecule has 0 aliphatic heterocycles. The summed E-state index contributed by atoms with van der Waals surface area (Å²) < 4.78 is 62.3. The second-order valence-corrected chi connectivity index (χ2v) is 8.17. The van der Waals surface area contributed by atoms with Gasteiger partial charge in [0.05, 0.1) is 11.3 Å². The van der Waals surface area contributed by atoms with Gasteiger partial charge in [0.25, 0.3) is 0 Å². The average Bonchev–Trinajstić information content (AvgIpc) is 2.59. The lowest BCUT2D eigenvalue weighted by atomic mass is 10.1. The van der Waals surface area contributed by atoms with E-state index in [2.05, 4.69) is 5.32 Å². The third-order valence-corrected chi connectivity index (χ3v) is 5.89. The number of amides is 1. The molecule has 0 bridgehead atoms. The van der Waals surface area contributed by atoms with E-state index in [0.717, 1.165) is 29.8 Å². The Hall–Kier alpha value is -2.35. The molecule has 0 heterocycles. The van der Waals surface area contributed by atoms with Crippen LogP contribution < -0.4 is 5.32 Å². The monoisotopic (exact) mass is 385 g/mol. The van der Waals surface area contributed by atoms with Crippen molar-refractivity contribution in [1.82, 2.24) is 5.32 Å². The molecular weight excluding hydrogens is 367 g/mol. The smallest absolute Gasteiger partial charge is 0.351 e. The van der Waals surface area contributed by atoms with Gasteiger partial charge in [0.15, 0.2) is 9.84 Å². The van der Waals surface area contributed by atoms with Gasteiger partial charge >= 0.3 is 6.18 Å². The molecule has 4 nitrogen and oxygen atoms in total. The highest BCUT2D eigenvalue weighted by molar-refractivity contribution is 7.92. The number of sulfone groups is 1. The molecule has 1 atom stereocenters. The van der Waals surface area contributed by atoms with Crippen molar-refractivity contribution in [3.05, 3.63) is 71.3 Å². The van der Waals surface area contributed by atoms with E-state index in [1.54, 1.807) is 24.3 Å². The molecule has 0 saturated heterocycles. The molecule has 0 aliphatic carbocycles. The fourth-order valence-electron chi connectivity index (χ4n) is 2.24. The van der Waals surface area contributed by atoms with E-state index >= 15 is 0 Å². The molecule has 0 aliphatic rings. The molecule has 2 aromatic carbocycles. The van der Waals surface area contributed by atoms with Gasteiger partial charge in [-0.05, 0) is 30.2 Å². The molecule has 2 rings (SSSR count). The van der Waals surface area contributed by atoms with Crippen molar-refractivity contribution >= 4 is 15.7 Å². The number of benzene rings is 2. The van der Waals surface area contributed by atoms with Crippen LogP contribution in [0.3, 0.4) is 0 Å². The molecule has 1 N–H and O–H groups in total. The number of hydrogen-bond acceptors (Lipinski definition) is 3. The Kier molecular flexibility index (Phi) is 6.07. The van der Waals surface area contributed by atoms with Crippen LogP contribution in [0.25, 0.3) is 0 Å². The molecule has 140 valence electrons. The first-order valence-corrected chi connectivity index (χ1v) is 9.50. The minimum Gasteiger partial charge on any atom is -0.351 e. The van der Waals surface area contributed by atoms with E-state index in [1.165, 1.54) is 6.92 Å². The van der Waals surface area contributed by atoms with Crippen molar-refractivity contribution < 1.29 is 26.4 Å². The molecule has 0 radical (unpaired) electrons. The minimum atomic E-state index is -4.48. The summed E-state index contributed by atoms with van der Waals surface area (Å²) in [4.78, 5) is 12.1. The van der Waals surface area contributed by atoms with Crippen molar-refractivity contribution in [2.24, 2.45) is 0 Å². The molecule has 0 saturated carbocycles. The number of hydrogen-bond donors (Lipinski definition) is 1. The normalized spacial score (nSPS) is 13.2. The van der Waals surface area contributed by atoms with Gasteiger partial charge in [-0.1, -0.05) is 42.5 Å². The van der Waals surface area contributed by atoms with Crippen LogP contribution in [0.2, 0.25) is 0 Å². The SMILES string of the molecule is CC(C(=O)NCc1ccccc1)S(=O)(=O)Cc1ccc(C(F)(F)F)cc1. The highest BCUT2D eigenvalue weighted by Gasteiger charge is 2.31. The first kappa shape index (κ1) is 20.0. The lowest BCUT2D eigenvalue weighted by molar-refractivity contribution is -0.137. The Morgan fingerprint density at radius 1 is 1.00 bits per heavy atom. The molecule has 0 fully saturated rings. The number of carbonyl (C=O) groups excluding carboxylic acids is 1. The number of halogens is 3. The summed E-state index contributed by atoms with van der Waals surface area (Å²) in [6.45, 7) is 1.46. The molecule has 0 aromatic heterocycles. The topological polar surface area (TPSA) is 63.2 Å². The summed E-state index contributed by atoms with van der Waals surface area (Å²) in [5, 5.41) is 1.24. The van der Waals surface area contributed by atoms with E-state index in [0.29, 0.717) is 0 Å². The Labute approximate surface area is 150 Å². The first-order valence-electron chi connectivity index (χ1n) is 7.79. The highest BCUT2D eigenvalue weighted by atomic mass is 32.2. The van der Waals surface area contributed by atoms with Crippen LogP contribution in [-0.2, 0) is 33.1 Å². The average molecular weight is 385 g/mol. The van der Waals surface area contributed by atoms with E-state index in [1.807, 2.05) is 6.07 Å². The van der Waals surface area contributed by atoms with Gasteiger partial charge in [0.1, 0.15) is 5.25 Å². The number of nitrogens with one attached hydrogen (secondary N) is 1. The second kappa shape index (κ2) is 7.90. The predicted octanol–water partition coefficient (Wildman–Crippen LogP) is 3.33. The van der Waals surface area contributed by atoms with Crippen molar-refractivity contribution in [2.45, 2.75) is 30.6 Å². The summed E-state index contributed by atoms with van der Waals surface area (Å²) in [6, 6.07) is 12.9. The number of carbonyl (C=O) groups is 1. The Balaban J connectivity index is 2.00. The van der Waals surface area contributed by atoms with E-state index in [-0.39, 0.29) is 12.1 Å². The minimum absolute atomic E-state index is 0.194. The summed E-state index contributed by atoms with van der Waals surface area (Å²) >= 11 is 0. The zero-order valence-electron chi connectivity index (χ0n) is 14.0. The lowest BCUT2D eigenvalue weighted by Gasteiger charge is -2.14. The van der Waals surface area contributed by atoms with Crippen LogP contribution in [-0.4, -0.2) is 19.6 Å². The van der Waals surface area contributed by atoms with Gasteiger partial charge in [-0.25, -0.2) is 8.42 Å². The Morgan fingerprint density at radius 3 is 2.12 bits per heavy atom. The molecule has 2 aromatic rings. The summed E-state index contributed by atoms with van der Waals surface area (Å²) in [7, 11) is -3.86. The van der Waals surface area contributed by atoms with Crippen LogP contribution in [0, 0.1) is 0 Å². The van der Waals surface area contributed by atoms with Gasteiger partial charge in [-0.3, -0.25) is 4.79 Å². The third kappa shape index (κ3) is 5.32.